The molecular formula is C29H17Br3IN3O3. The Kier molecular flexibility index (Phi) is 8.65. The molecule has 5 rings (SSSR count). The predicted octanol–water partition coefficient (Wildman–Crippen LogP) is 8.71. The van der Waals surface area contributed by atoms with Crippen LogP contribution >= 0.6 is 70.4 Å². The van der Waals surface area contributed by atoms with E-state index in [-0.39, 0.29) is 5.75 Å². The average molecular weight is 822 g/mol. The standard InChI is InChI=1S/C29H17Br3IN3O3/c30-19-11-9-17(10-12-19)29(38)39-27-18(13-20(31)14-22(27)32)15-34-36-28(37)26-24(16-5-2-1-3-6-16)21-7-4-8-23(33)25(21)35-26/h1-15,35H,(H,36,37). The monoisotopic (exact) mass is 819 g/mol. The minimum absolute atomic E-state index is 0.272. The summed E-state index contributed by atoms with van der Waals surface area (Å²) in [4.78, 5) is 29.4. The number of aromatic amines is 1. The molecule has 0 fully saturated rings. The van der Waals surface area contributed by atoms with E-state index in [4.69, 9.17) is 4.74 Å². The first-order chi connectivity index (χ1) is 18.8. The number of ether oxygens (including phenoxy) is 1. The third-order valence-electron chi connectivity index (χ3n) is 5.75. The Morgan fingerprint density at radius 2 is 1.64 bits per heavy atom. The summed E-state index contributed by atoms with van der Waals surface area (Å²) in [7, 11) is 0. The van der Waals surface area contributed by atoms with Crippen molar-refractivity contribution in [2.75, 3.05) is 0 Å². The lowest BCUT2D eigenvalue weighted by molar-refractivity contribution is 0.0733. The van der Waals surface area contributed by atoms with Crippen molar-refractivity contribution in [3.8, 4) is 16.9 Å². The maximum absolute atomic E-state index is 13.4. The Bertz CT molecular complexity index is 1740. The molecule has 194 valence electrons. The van der Waals surface area contributed by atoms with Gasteiger partial charge in [0.2, 0.25) is 0 Å². The maximum atomic E-state index is 13.4. The van der Waals surface area contributed by atoms with Crippen molar-refractivity contribution in [2.24, 2.45) is 5.10 Å². The molecule has 1 heterocycles. The van der Waals surface area contributed by atoms with E-state index in [0.717, 1.165) is 34.5 Å². The lowest BCUT2D eigenvalue weighted by Crippen LogP contribution is -2.19. The van der Waals surface area contributed by atoms with Crippen LogP contribution in [0.15, 0.2) is 103 Å². The van der Waals surface area contributed by atoms with E-state index >= 15 is 0 Å². The van der Waals surface area contributed by atoms with E-state index in [9.17, 15) is 9.59 Å². The minimum Gasteiger partial charge on any atom is -0.421 e. The highest BCUT2D eigenvalue weighted by Gasteiger charge is 2.20. The van der Waals surface area contributed by atoms with E-state index in [1.807, 2.05) is 48.5 Å². The number of para-hydroxylation sites is 1. The molecule has 0 aliphatic carbocycles. The highest BCUT2D eigenvalue weighted by Crippen LogP contribution is 2.35. The van der Waals surface area contributed by atoms with Crippen molar-refractivity contribution in [2.45, 2.75) is 0 Å². The molecule has 0 atom stereocenters. The van der Waals surface area contributed by atoms with Gasteiger partial charge in [0.15, 0.2) is 5.75 Å². The number of carbonyl (C=O) groups is 2. The van der Waals surface area contributed by atoms with Crippen LogP contribution in [-0.2, 0) is 0 Å². The fourth-order valence-electron chi connectivity index (χ4n) is 3.99. The molecule has 0 bridgehead atoms. The number of rotatable bonds is 6. The van der Waals surface area contributed by atoms with Gasteiger partial charge in [-0.2, -0.15) is 5.10 Å². The van der Waals surface area contributed by atoms with E-state index in [2.05, 4.69) is 85.9 Å². The number of halogens is 4. The molecule has 5 aromatic rings. The lowest BCUT2D eigenvalue weighted by Gasteiger charge is -2.11. The van der Waals surface area contributed by atoms with Crippen molar-refractivity contribution in [1.82, 2.24) is 10.4 Å². The second kappa shape index (κ2) is 12.2. The van der Waals surface area contributed by atoms with Gasteiger partial charge in [-0.3, -0.25) is 4.79 Å². The smallest absolute Gasteiger partial charge is 0.343 e. The van der Waals surface area contributed by atoms with Crippen LogP contribution in [0.5, 0.6) is 5.75 Å². The zero-order valence-corrected chi connectivity index (χ0v) is 26.8. The summed E-state index contributed by atoms with van der Waals surface area (Å²) in [5.41, 5.74) is 6.48. The topological polar surface area (TPSA) is 83.5 Å². The Labute approximate surface area is 262 Å². The first-order valence-electron chi connectivity index (χ1n) is 11.5. The molecule has 10 heteroatoms. The van der Waals surface area contributed by atoms with Crippen molar-refractivity contribution in [3.63, 3.8) is 0 Å². The molecule has 0 aliphatic rings. The molecule has 1 aromatic heterocycles. The number of H-pyrrole nitrogens is 1. The van der Waals surface area contributed by atoms with Gasteiger partial charge < -0.3 is 9.72 Å². The number of esters is 1. The number of hydrazone groups is 1. The molecule has 0 unspecified atom stereocenters. The van der Waals surface area contributed by atoms with Gasteiger partial charge in [0.05, 0.1) is 21.8 Å². The van der Waals surface area contributed by atoms with Gasteiger partial charge in [-0.05, 0) is 86.5 Å². The van der Waals surface area contributed by atoms with Gasteiger partial charge in [-0.15, -0.1) is 0 Å². The van der Waals surface area contributed by atoms with Crippen LogP contribution in [0.25, 0.3) is 22.0 Å². The Hall–Kier alpha value is -2.80. The molecule has 4 aromatic carbocycles. The van der Waals surface area contributed by atoms with Gasteiger partial charge in [0.1, 0.15) is 5.69 Å². The number of benzene rings is 4. The summed E-state index contributed by atoms with van der Waals surface area (Å²) in [6.07, 6.45) is 1.44. The molecule has 0 spiro atoms. The zero-order chi connectivity index (χ0) is 27.5. The number of nitrogens with zero attached hydrogens (tertiary/aromatic N) is 1. The van der Waals surface area contributed by atoms with Crippen LogP contribution in [-0.4, -0.2) is 23.1 Å². The second-order valence-electron chi connectivity index (χ2n) is 8.30. The van der Waals surface area contributed by atoms with E-state index in [0.29, 0.717) is 21.3 Å². The first kappa shape index (κ1) is 27.8. The van der Waals surface area contributed by atoms with Crippen LogP contribution in [0.1, 0.15) is 26.4 Å². The fourth-order valence-corrected chi connectivity index (χ4v) is 6.23. The van der Waals surface area contributed by atoms with E-state index in [1.54, 1.807) is 36.4 Å². The van der Waals surface area contributed by atoms with Gasteiger partial charge in [0.25, 0.3) is 5.91 Å². The number of amides is 1. The third kappa shape index (κ3) is 6.19. The summed E-state index contributed by atoms with van der Waals surface area (Å²) in [5, 5.41) is 5.14. The molecule has 6 nitrogen and oxygen atoms in total. The summed E-state index contributed by atoms with van der Waals surface area (Å²) < 4.78 is 8.84. The molecule has 2 N–H and O–H groups in total. The summed E-state index contributed by atoms with van der Waals surface area (Å²) in [6, 6.07) is 26.0. The quantitative estimate of drug-likeness (QED) is 0.0592. The summed E-state index contributed by atoms with van der Waals surface area (Å²) in [6.45, 7) is 0. The number of hydrogen-bond acceptors (Lipinski definition) is 4. The van der Waals surface area contributed by atoms with E-state index in [1.165, 1.54) is 6.21 Å². The molecule has 39 heavy (non-hydrogen) atoms. The summed E-state index contributed by atoms with van der Waals surface area (Å²) in [5.74, 6) is -0.654. The number of nitrogens with one attached hydrogen (secondary N) is 2. The van der Waals surface area contributed by atoms with Crippen LogP contribution in [0, 0.1) is 3.57 Å². The van der Waals surface area contributed by atoms with Gasteiger partial charge in [-0.1, -0.05) is 74.3 Å². The second-order valence-corrected chi connectivity index (χ2v) is 12.2. The minimum atomic E-state index is -0.524. The SMILES string of the molecule is O=C(Oc1c(Br)cc(Br)cc1C=NNC(=O)c1[nH]c2c(I)cccc2c1-c1ccccc1)c1ccc(Br)cc1. The Morgan fingerprint density at radius 1 is 0.897 bits per heavy atom. The molecule has 0 saturated heterocycles. The van der Waals surface area contributed by atoms with Crippen molar-refractivity contribution in [1.29, 1.82) is 0 Å². The van der Waals surface area contributed by atoms with Crippen molar-refractivity contribution in [3.05, 3.63) is 119 Å². The first-order valence-corrected chi connectivity index (χ1v) is 14.9. The van der Waals surface area contributed by atoms with Gasteiger partial charge in [0, 0.05) is 29.0 Å². The molecule has 1 amide bonds. The number of hydrogen-bond donors (Lipinski definition) is 2. The summed E-state index contributed by atoms with van der Waals surface area (Å²) >= 11 is 12.5. The van der Waals surface area contributed by atoms with Crippen LogP contribution in [0.2, 0.25) is 0 Å². The molecule has 0 aliphatic heterocycles. The predicted molar refractivity (Wildman–Crippen MR) is 172 cm³/mol. The zero-order valence-electron chi connectivity index (χ0n) is 19.8. The molecule has 0 radical (unpaired) electrons. The van der Waals surface area contributed by atoms with Gasteiger partial charge in [-0.25, -0.2) is 10.2 Å². The highest BCUT2D eigenvalue weighted by molar-refractivity contribution is 14.1. The van der Waals surface area contributed by atoms with E-state index < -0.39 is 11.9 Å². The molecule has 0 saturated carbocycles. The van der Waals surface area contributed by atoms with Gasteiger partial charge >= 0.3 is 5.97 Å². The number of aromatic nitrogens is 1. The van der Waals surface area contributed by atoms with Crippen LogP contribution in [0.4, 0.5) is 0 Å². The average Bonchev–Trinajstić information content (AvgIpc) is 3.32. The van der Waals surface area contributed by atoms with Crippen LogP contribution < -0.4 is 10.2 Å². The molecular weight excluding hydrogens is 805 g/mol. The normalized spacial score (nSPS) is 11.2. The van der Waals surface area contributed by atoms with Crippen LogP contribution in [0.3, 0.4) is 0 Å². The number of carbonyl (C=O) groups excluding carboxylic acids is 2. The number of fused-ring (bicyclic) bond motifs is 1. The lowest BCUT2D eigenvalue weighted by atomic mass is 10.0. The highest BCUT2D eigenvalue weighted by atomic mass is 127. The Balaban J connectivity index is 1.44. The van der Waals surface area contributed by atoms with Crippen molar-refractivity contribution >= 4 is 99.4 Å². The largest absolute Gasteiger partial charge is 0.421 e. The maximum Gasteiger partial charge on any atom is 0.343 e. The fraction of sp³-hybridized carbons (Fsp3) is 0. The van der Waals surface area contributed by atoms with Crippen molar-refractivity contribution < 1.29 is 14.3 Å². The third-order valence-corrected chi connectivity index (χ3v) is 8.23. The Morgan fingerprint density at radius 3 is 2.38 bits per heavy atom.